The number of rotatable bonds is 8. The second-order valence-electron chi connectivity index (χ2n) is 6.42. The van der Waals surface area contributed by atoms with Gasteiger partial charge in [-0.05, 0) is 13.5 Å². The molecule has 0 amide bonds. The summed E-state index contributed by atoms with van der Waals surface area (Å²) in [6.45, 7) is 8.95. The lowest BCUT2D eigenvalue weighted by Crippen LogP contribution is -2.27. The molecule has 1 N–H and O–H groups in total. The lowest BCUT2D eigenvalue weighted by atomic mass is 9.93. The van der Waals surface area contributed by atoms with Crippen molar-refractivity contribution in [3.8, 4) is 0 Å². The first-order valence-electron chi connectivity index (χ1n) is 7.59. The molecule has 1 rings (SSSR count). The number of hydrogen-bond acceptors (Lipinski definition) is 3. The van der Waals surface area contributed by atoms with Crippen LogP contribution in [0, 0.1) is 0 Å². The van der Waals surface area contributed by atoms with E-state index in [1.807, 2.05) is 11.3 Å². The first-order chi connectivity index (χ1) is 8.97. The topological polar surface area (TPSA) is 24.9 Å². The number of unbranched alkanes of at least 4 members (excludes halogenated alkanes) is 3. The smallest absolute Gasteiger partial charge is 0.0944 e. The summed E-state index contributed by atoms with van der Waals surface area (Å²) in [5, 5.41) is 6.94. The van der Waals surface area contributed by atoms with Gasteiger partial charge in [-0.2, -0.15) is 0 Å². The largest absolute Gasteiger partial charge is 0.317 e. The first-order valence-corrected chi connectivity index (χ1v) is 8.47. The number of thiazole rings is 1. The van der Waals surface area contributed by atoms with Gasteiger partial charge in [0.2, 0.25) is 0 Å². The van der Waals surface area contributed by atoms with Crippen LogP contribution in [-0.4, -0.2) is 18.1 Å². The van der Waals surface area contributed by atoms with Crippen LogP contribution in [0.2, 0.25) is 0 Å². The van der Waals surface area contributed by atoms with Gasteiger partial charge in [-0.3, -0.25) is 0 Å². The monoisotopic (exact) mass is 282 g/mol. The van der Waals surface area contributed by atoms with Crippen LogP contribution in [0.5, 0.6) is 0 Å². The molecule has 0 fully saturated rings. The average Bonchev–Trinajstić information content (AvgIpc) is 2.81. The molecular formula is C16H30N2S. The molecule has 2 nitrogen and oxygen atoms in total. The standard InChI is InChI=1S/C16H30N2S/c1-6-7-8-9-10-13(17-5)11-15-18-14(12-19-15)16(2,3)4/h12-13,17H,6-11H2,1-5H3. The van der Waals surface area contributed by atoms with Gasteiger partial charge in [0.25, 0.3) is 0 Å². The van der Waals surface area contributed by atoms with Crippen LogP contribution in [0.3, 0.4) is 0 Å². The third-order valence-corrected chi connectivity index (χ3v) is 4.43. The molecule has 0 aliphatic heterocycles. The van der Waals surface area contributed by atoms with Crippen molar-refractivity contribution in [1.82, 2.24) is 10.3 Å². The van der Waals surface area contributed by atoms with E-state index in [0.29, 0.717) is 6.04 Å². The maximum absolute atomic E-state index is 4.79. The highest BCUT2D eigenvalue weighted by molar-refractivity contribution is 7.09. The van der Waals surface area contributed by atoms with Crippen molar-refractivity contribution in [3.05, 3.63) is 16.1 Å². The van der Waals surface area contributed by atoms with Gasteiger partial charge < -0.3 is 5.32 Å². The summed E-state index contributed by atoms with van der Waals surface area (Å²) in [6.07, 6.45) is 7.70. The molecule has 0 radical (unpaired) electrons. The van der Waals surface area contributed by atoms with E-state index in [1.54, 1.807) is 0 Å². The first kappa shape index (κ1) is 16.6. The summed E-state index contributed by atoms with van der Waals surface area (Å²) in [5.41, 5.74) is 1.40. The fourth-order valence-corrected chi connectivity index (χ4v) is 3.23. The van der Waals surface area contributed by atoms with Gasteiger partial charge >= 0.3 is 0 Å². The van der Waals surface area contributed by atoms with Crippen LogP contribution in [0.1, 0.15) is 70.5 Å². The van der Waals surface area contributed by atoms with Gasteiger partial charge in [0.15, 0.2) is 0 Å². The van der Waals surface area contributed by atoms with Gasteiger partial charge in [-0.15, -0.1) is 11.3 Å². The maximum atomic E-state index is 4.79. The third kappa shape index (κ3) is 6.05. The van der Waals surface area contributed by atoms with Gasteiger partial charge in [-0.1, -0.05) is 53.4 Å². The molecule has 0 bridgehead atoms. The Morgan fingerprint density at radius 3 is 2.53 bits per heavy atom. The number of likely N-dealkylation sites (N-methyl/N-ethyl adjacent to an activating group) is 1. The lowest BCUT2D eigenvalue weighted by Gasteiger charge is -2.16. The van der Waals surface area contributed by atoms with Crippen LogP contribution >= 0.6 is 11.3 Å². The normalized spacial score (nSPS) is 13.7. The van der Waals surface area contributed by atoms with Gasteiger partial charge in [0.1, 0.15) is 0 Å². The van der Waals surface area contributed by atoms with Crippen LogP contribution < -0.4 is 5.32 Å². The molecule has 3 heteroatoms. The van der Waals surface area contributed by atoms with Crippen LogP contribution in [0.25, 0.3) is 0 Å². The summed E-state index contributed by atoms with van der Waals surface area (Å²) in [6, 6.07) is 0.579. The van der Waals surface area contributed by atoms with Crippen molar-refractivity contribution in [3.63, 3.8) is 0 Å². The molecule has 1 atom stereocenters. The van der Waals surface area contributed by atoms with Crippen molar-refractivity contribution in [2.75, 3.05) is 7.05 Å². The highest BCUT2D eigenvalue weighted by Crippen LogP contribution is 2.24. The van der Waals surface area contributed by atoms with Crippen molar-refractivity contribution >= 4 is 11.3 Å². The molecule has 1 aromatic heterocycles. The minimum Gasteiger partial charge on any atom is -0.317 e. The number of aromatic nitrogens is 1. The summed E-state index contributed by atoms with van der Waals surface area (Å²) < 4.78 is 0. The number of hydrogen-bond donors (Lipinski definition) is 1. The summed E-state index contributed by atoms with van der Waals surface area (Å²) in [7, 11) is 2.07. The second-order valence-corrected chi connectivity index (χ2v) is 7.36. The SMILES string of the molecule is CCCCCCC(Cc1nc(C(C)(C)C)cs1)NC. The zero-order valence-electron chi connectivity index (χ0n) is 13.3. The molecule has 1 heterocycles. The Labute approximate surface area is 123 Å². The van der Waals surface area contributed by atoms with E-state index in [-0.39, 0.29) is 5.41 Å². The Balaban J connectivity index is 2.45. The van der Waals surface area contributed by atoms with E-state index in [4.69, 9.17) is 4.98 Å². The molecule has 1 aromatic rings. The molecule has 0 saturated heterocycles. The molecule has 1 unspecified atom stereocenters. The van der Waals surface area contributed by atoms with Crippen molar-refractivity contribution < 1.29 is 0 Å². The summed E-state index contributed by atoms with van der Waals surface area (Å²) in [5.74, 6) is 0. The van der Waals surface area contributed by atoms with E-state index >= 15 is 0 Å². The zero-order valence-corrected chi connectivity index (χ0v) is 14.1. The Hall–Kier alpha value is -0.410. The highest BCUT2D eigenvalue weighted by Gasteiger charge is 2.18. The van der Waals surface area contributed by atoms with E-state index in [0.717, 1.165) is 6.42 Å². The van der Waals surface area contributed by atoms with Crippen LogP contribution in [0.15, 0.2) is 5.38 Å². The molecule has 0 aromatic carbocycles. The molecule has 0 saturated carbocycles. The average molecular weight is 282 g/mol. The Bertz CT molecular complexity index is 352. The van der Waals surface area contributed by atoms with Crippen molar-refractivity contribution in [2.45, 2.75) is 77.7 Å². The molecule has 0 spiro atoms. The quantitative estimate of drug-likeness (QED) is 0.708. The summed E-state index contributed by atoms with van der Waals surface area (Å²) >= 11 is 1.81. The van der Waals surface area contributed by atoms with E-state index in [2.05, 4.69) is 45.4 Å². The Morgan fingerprint density at radius 2 is 2.00 bits per heavy atom. The van der Waals surface area contributed by atoms with Crippen molar-refractivity contribution in [2.24, 2.45) is 0 Å². The number of nitrogens with one attached hydrogen (secondary N) is 1. The van der Waals surface area contributed by atoms with Crippen LogP contribution in [0.4, 0.5) is 0 Å². The van der Waals surface area contributed by atoms with Gasteiger partial charge in [0, 0.05) is 23.3 Å². The Morgan fingerprint density at radius 1 is 1.26 bits per heavy atom. The predicted octanol–water partition coefficient (Wildman–Crippen LogP) is 4.54. The van der Waals surface area contributed by atoms with E-state index in [1.165, 1.54) is 42.8 Å². The zero-order chi connectivity index (χ0) is 14.3. The van der Waals surface area contributed by atoms with E-state index < -0.39 is 0 Å². The lowest BCUT2D eigenvalue weighted by molar-refractivity contribution is 0.482. The fraction of sp³-hybridized carbons (Fsp3) is 0.812. The van der Waals surface area contributed by atoms with Crippen molar-refractivity contribution in [1.29, 1.82) is 0 Å². The summed E-state index contributed by atoms with van der Waals surface area (Å²) in [4.78, 5) is 4.79. The molecule has 0 aliphatic rings. The van der Waals surface area contributed by atoms with E-state index in [9.17, 15) is 0 Å². The minimum absolute atomic E-state index is 0.172. The van der Waals surface area contributed by atoms with Gasteiger partial charge in [-0.25, -0.2) is 4.98 Å². The predicted molar refractivity (Wildman–Crippen MR) is 86.1 cm³/mol. The second kappa shape index (κ2) is 8.01. The highest BCUT2D eigenvalue weighted by atomic mass is 32.1. The van der Waals surface area contributed by atoms with Crippen LogP contribution in [-0.2, 0) is 11.8 Å². The molecule has 110 valence electrons. The minimum atomic E-state index is 0.172. The number of nitrogens with zero attached hydrogens (tertiary/aromatic N) is 1. The fourth-order valence-electron chi connectivity index (χ4n) is 2.13. The molecule has 19 heavy (non-hydrogen) atoms. The molecule has 0 aliphatic carbocycles. The molecular weight excluding hydrogens is 252 g/mol. The Kier molecular flexibility index (Phi) is 7.01. The third-order valence-electron chi connectivity index (χ3n) is 3.56. The van der Waals surface area contributed by atoms with Gasteiger partial charge in [0.05, 0.1) is 10.7 Å². The maximum Gasteiger partial charge on any atom is 0.0944 e.